The van der Waals surface area contributed by atoms with Crippen molar-refractivity contribution in [3.05, 3.63) is 90.3 Å². The predicted molar refractivity (Wildman–Crippen MR) is 117 cm³/mol. The Morgan fingerprint density at radius 3 is 2.48 bits per heavy atom. The van der Waals surface area contributed by atoms with Crippen LogP contribution in [0.5, 0.6) is 11.5 Å². The number of fused-ring (bicyclic) bond motifs is 1. The van der Waals surface area contributed by atoms with Crippen LogP contribution in [-0.4, -0.2) is 23.6 Å². The molecule has 1 N–H and O–H groups in total. The Morgan fingerprint density at radius 2 is 1.73 bits per heavy atom. The van der Waals surface area contributed by atoms with Crippen molar-refractivity contribution in [1.82, 2.24) is 10.3 Å². The summed E-state index contributed by atoms with van der Waals surface area (Å²) in [6.07, 6.45) is -1.47. The Labute approximate surface area is 214 Å². The average Bonchev–Trinajstić information content (AvgIpc) is 3.23. The zero-order valence-electron chi connectivity index (χ0n) is 18.6. The van der Waals surface area contributed by atoms with E-state index in [1.165, 1.54) is 6.92 Å². The number of carbonyl (C=O) groups excluding carboxylic acids is 1. The fourth-order valence-electron chi connectivity index (χ4n) is 3.20. The molecule has 0 saturated heterocycles. The predicted octanol–water partition coefficient (Wildman–Crippen LogP) is 0.259. The minimum absolute atomic E-state index is 0. The Bertz CT molecular complexity index is 1150. The van der Waals surface area contributed by atoms with Crippen molar-refractivity contribution in [3.63, 3.8) is 0 Å². The van der Waals surface area contributed by atoms with Crippen molar-refractivity contribution in [3.8, 4) is 11.5 Å². The van der Waals surface area contributed by atoms with Crippen molar-refractivity contribution in [2.45, 2.75) is 25.7 Å². The van der Waals surface area contributed by atoms with Crippen LogP contribution in [0.25, 0.3) is 11.1 Å². The van der Waals surface area contributed by atoms with Crippen molar-refractivity contribution in [2.75, 3.05) is 6.54 Å². The number of aliphatic carboxylic acids is 1. The van der Waals surface area contributed by atoms with Crippen molar-refractivity contribution >= 4 is 17.1 Å². The van der Waals surface area contributed by atoms with E-state index in [4.69, 9.17) is 13.9 Å². The molecule has 0 aliphatic rings. The molecular formula is C25H23N2NaO5. The van der Waals surface area contributed by atoms with Gasteiger partial charge in [-0.05, 0) is 48.9 Å². The maximum absolute atomic E-state index is 10.9. The second-order valence-electron chi connectivity index (χ2n) is 7.30. The largest absolute Gasteiger partial charge is 1.00 e. The van der Waals surface area contributed by atoms with E-state index >= 15 is 0 Å². The molecule has 4 aromatic rings. The Kier molecular flexibility index (Phi) is 8.91. The molecule has 7 nitrogen and oxygen atoms in total. The SMILES string of the molecule is CC(Oc1cccc(CNCC(Oc2ccccc2)c2nc3ccccc3o2)c1)C(=O)[O-].[Na+]. The van der Waals surface area contributed by atoms with Gasteiger partial charge in [-0.1, -0.05) is 42.5 Å². The van der Waals surface area contributed by atoms with Crippen LogP contribution in [0.3, 0.4) is 0 Å². The molecular weight excluding hydrogens is 431 g/mol. The number of nitrogens with zero attached hydrogens (tertiary/aromatic N) is 1. The van der Waals surface area contributed by atoms with Gasteiger partial charge in [0.25, 0.3) is 0 Å². The first-order chi connectivity index (χ1) is 15.6. The second kappa shape index (κ2) is 11.9. The maximum Gasteiger partial charge on any atom is 1.00 e. The van der Waals surface area contributed by atoms with Gasteiger partial charge in [0.1, 0.15) is 23.1 Å². The van der Waals surface area contributed by atoms with Gasteiger partial charge in [0.05, 0.1) is 5.97 Å². The fraction of sp³-hybridized carbons (Fsp3) is 0.200. The van der Waals surface area contributed by atoms with Crippen LogP contribution < -0.4 is 49.5 Å². The molecule has 4 rings (SSSR count). The second-order valence-corrected chi connectivity index (χ2v) is 7.30. The van der Waals surface area contributed by atoms with Gasteiger partial charge in [0.2, 0.25) is 5.89 Å². The van der Waals surface area contributed by atoms with E-state index in [9.17, 15) is 9.90 Å². The van der Waals surface area contributed by atoms with Gasteiger partial charge in [0, 0.05) is 13.1 Å². The van der Waals surface area contributed by atoms with Crippen LogP contribution in [0, 0.1) is 0 Å². The number of carbonyl (C=O) groups is 1. The molecule has 2 unspecified atom stereocenters. The first kappa shape index (κ1) is 24.8. The Hall–Kier alpha value is -2.84. The number of benzene rings is 3. The van der Waals surface area contributed by atoms with E-state index in [1.807, 2.05) is 66.7 Å². The maximum atomic E-state index is 10.9. The van der Waals surface area contributed by atoms with E-state index in [1.54, 1.807) is 12.1 Å². The number of hydrogen-bond acceptors (Lipinski definition) is 7. The van der Waals surface area contributed by atoms with Crippen LogP contribution in [0.2, 0.25) is 0 Å². The summed E-state index contributed by atoms with van der Waals surface area (Å²) in [5.74, 6) is 0.417. The Morgan fingerprint density at radius 1 is 1.00 bits per heavy atom. The minimum atomic E-state index is -1.26. The normalized spacial score (nSPS) is 12.5. The number of ether oxygens (including phenoxy) is 2. The van der Waals surface area contributed by atoms with Crippen molar-refractivity contribution in [1.29, 1.82) is 0 Å². The third-order valence-corrected chi connectivity index (χ3v) is 4.81. The van der Waals surface area contributed by atoms with E-state index in [0.717, 1.165) is 11.1 Å². The summed E-state index contributed by atoms with van der Waals surface area (Å²) in [6.45, 7) is 2.40. The topological polar surface area (TPSA) is 96.7 Å². The number of carboxylic acid groups (broad SMARTS) is 1. The molecule has 8 heteroatoms. The summed E-state index contributed by atoms with van der Waals surface area (Å²) in [5, 5.41) is 14.3. The molecule has 0 aliphatic carbocycles. The molecule has 33 heavy (non-hydrogen) atoms. The standard InChI is InChI=1S/C25H24N2O5.Na/c1-17(25(28)29)30-20-11-7-8-18(14-20)15-26-16-23(31-19-9-3-2-4-10-19)24-27-21-12-5-6-13-22(21)32-24;/h2-14,17,23,26H,15-16H2,1H3,(H,28,29);/q;+1/p-1. The number of para-hydroxylation sites is 3. The zero-order valence-corrected chi connectivity index (χ0v) is 20.6. The van der Waals surface area contributed by atoms with Crippen LogP contribution in [-0.2, 0) is 11.3 Å². The van der Waals surface area contributed by atoms with Crippen molar-refractivity contribution < 1.29 is 53.3 Å². The molecule has 164 valence electrons. The monoisotopic (exact) mass is 454 g/mol. The third kappa shape index (κ3) is 6.82. The fourth-order valence-corrected chi connectivity index (χ4v) is 3.20. The summed E-state index contributed by atoms with van der Waals surface area (Å²) in [5.41, 5.74) is 2.41. The van der Waals surface area contributed by atoms with Crippen LogP contribution in [0.4, 0.5) is 0 Å². The molecule has 2 atom stereocenters. The van der Waals surface area contributed by atoms with Gasteiger partial charge in [-0.3, -0.25) is 0 Å². The number of oxazole rings is 1. The smallest absolute Gasteiger partial charge is 0.546 e. The molecule has 0 radical (unpaired) electrons. The molecule has 0 saturated carbocycles. The van der Waals surface area contributed by atoms with Gasteiger partial charge in [0.15, 0.2) is 11.7 Å². The van der Waals surface area contributed by atoms with Gasteiger partial charge in [-0.25, -0.2) is 4.98 Å². The number of nitrogens with one attached hydrogen (secondary N) is 1. The first-order valence-corrected chi connectivity index (χ1v) is 10.3. The minimum Gasteiger partial charge on any atom is -0.546 e. The zero-order chi connectivity index (χ0) is 22.3. The number of aromatic nitrogens is 1. The quantitative estimate of drug-likeness (QED) is 0.344. The van der Waals surface area contributed by atoms with E-state index in [-0.39, 0.29) is 29.6 Å². The average molecular weight is 454 g/mol. The summed E-state index contributed by atoms with van der Waals surface area (Å²) >= 11 is 0. The molecule has 3 aromatic carbocycles. The Balaban J connectivity index is 0.00000306. The summed E-state index contributed by atoms with van der Waals surface area (Å²) in [4.78, 5) is 15.5. The molecule has 0 amide bonds. The van der Waals surface area contributed by atoms with E-state index in [2.05, 4.69) is 10.3 Å². The molecule has 1 aromatic heterocycles. The third-order valence-electron chi connectivity index (χ3n) is 4.81. The van der Waals surface area contributed by atoms with Gasteiger partial charge >= 0.3 is 29.6 Å². The summed E-state index contributed by atoms with van der Waals surface area (Å²) in [6, 6.07) is 24.3. The summed E-state index contributed by atoms with van der Waals surface area (Å²) < 4.78 is 17.5. The summed E-state index contributed by atoms with van der Waals surface area (Å²) in [7, 11) is 0. The molecule has 0 bridgehead atoms. The molecule has 0 aliphatic heterocycles. The van der Waals surface area contributed by atoms with Gasteiger partial charge in [-0.15, -0.1) is 0 Å². The molecule has 0 spiro atoms. The van der Waals surface area contributed by atoms with E-state index in [0.29, 0.717) is 36.1 Å². The number of carboxylic acids is 1. The number of rotatable bonds is 10. The van der Waals surface area contributed by atoms with Crippen LogP contribution >= 0.6 is 0 Å². The molecule has 1 heterocycles. The van der Waals surface area contributed by atoms with E-state index < -0.39 is 18.2 Å². The van der Waals surface area contributed by atoms with Crippen LogP contribution in [0.1, 0.15) is 24.5 Å². The van der Waals surface area contributed by atoms with Crippen molar-refractivity contribution in [2.24, 2.45) is 0 Å². The number of hydrogen-bond donors (Lipinski definition) is 1. The van der Waals surface area contributed by atoms with Gasteiger partial charge in [-0.2, -0.15) is 0 Å². The van der Waals surface area contributed by atoms with Gasteiger partial charge < -0.3 is 29.1 Å². The van der Waals surface area contributed by atoms with Crippen LogP contribution in [0.15, 0.2) is 83.3 Å². The first-order valence-electron chi connectivity index (χ1n) is 10.3. The molecule has 0 fully saturated rings.